The number of carbonyl (C=O) groups excluding carboxylic acids is 2. The summed E-state index contributed by atoms with van der Waals surface area (Å²) in [6.07, 6.45) is 1.16. The molecule has 27 heavy (non-hydrogen) atoms. The van der Waals surface area contributed by atoms with Gasteiger partial charge in [0.05, 0.1) is 12.4 Å². The van der Waals surface area contributed by atoms with E-state index >= 15 is 0 Å². The Hall–Kier alpha value is -2.67. The maximum Gasteiger partial charge on any atom is 0.325 e. The number of amides is 1. The fourth-order valence-corrected chi connectivity index (χ4v) is 3.39. The number of sulfone groups is 1. The van der Waals surface area contributed by atoms with Crippen LogP contribution in [0.15, 0.2) is 54.6 Å². The second kappa shape index (κ2) is 9.32. The maximum atomic E-state index is 12.9. The van der Waals surface area contributed by atoms with Crippen LogP contribution in [0.25, 0.3) is 0 Å². The lowest BCUT2D eigenvalue weighted by molar-refractivity contribution is -0.143. The molecule has 7 heteroatoms. The predicted octanol–water partition coefficient (Wildman–Crippen LogP) is 2.44. The highest BCUT2D eigenvalue weighted by atomic mass is 32.2. The van der Waals surface area contributed by atoms with Crippen LogP contribution in [-0.2, 0) is 31.7 Å². The number of rotatable bonds is 8. The fourth-order valence-electron chi connectivity index (χ4n) is 2.59. The van der Waals surface area contributed by atoms with Gasteiger partial charge in [-0.15, -0.1) is 0 Å². The average Bonchev–Trinajstić information content (AvgIpc) is 2.61. The van der Waals surface area contributed by atoms with Crippen molar-refractivity contribution in [2.24, 2.45) is 0 Å². The Labute approximate surface area is 159 Å². The first-order chi connectivity index (χ1) is 12.8. The van der Waals surface area contributed by atoms with Gasteiger partial charge in [-0.25, -0.2) is 8.42 Å². The van der Waals surface area contributed by atoms with Crippen molar-refractivity contribution in [3.05, 3.63) is 71.3 Å². The third-order valence-electron chi connectivity index (χ3n) is 3.76. The summed E-state index contributed by atoms with van der Waals surface area (Å²) < 4.78 is 27.7. The van der Waals surface area contributed by atoms with E-state index in [1.54, 1.807) is 31.2 Å². The van der Waals surface area contributed by atoms with Crippen LogP contribution in [-0.4, -0.2) is 44.6 Å². The van der Waals surface area contributed by atoms with Gasteiger partial charge >= 0.3 is 5.97 Å². The minimum absolute atomic E-state index is 0.0853. The van der Waals surface area contributed by atoms with E-state index in [1.807, 2.05) is 30.3 Å². The van der Waals surface area contributed by atoms with Gasteiger partial charge in [0.2, 0.25) is 0 Å². The van der Waals surface area contributed by atoms with Crippen LogP contribution < -0.4 is 0 Å². The Morgan fingerprint density at radius 1 is 0.963 bits per heavy atom. The van der Waals surface area contributed by atoms with Crippen molar-refractivity contribution in [3.8, 4) is 0 Å². The monoisotopic (exact) mass is 389 g/mol. The summed E-state index contributed by atoms with van der Waals surface area (Å²) in [7, 11) is -3.15. The summed E-state index contributed by atoms with van der Waals surface area (Å²) >= 11 is 0. The van der Waals surface area contributed by atoms with Crippen molar-refractivity contribution in [1.82, 2.24) is 4.90 Å². The van der Waals surface area contributed by atoms with Crippen molar-refractivity contribution in [2.45, 2.75) is 19.2 Å². The molecule has 0 N–H and O–H groups in total. The molecule has 6 nitrogen and oxygen atoms in total. The Morgan fingerprint density at radius 3 is 2.15 bits per heavy atom. The Morgan fingerprint density at radius 2 is 1.59 bits per heavy atom. The molecule has 0 unspecified atom stereocenters. The van der Waals surface area contributed by atoms with Crippen LogP contribution in [0.3, 0.4) is 0 Å². The van der Waals surface area contributed by atoms with Gasteiger partial charge in [0, 0.05) is 18.4 Å². The standard InChI is InChI=1S/C20H23NO5S/c1-3-26-19(22)14-21(13-16-7-5-4-6-8-16)20(23)18-11-9-17(10-12-18)15-27(2,24)25/h4-12H,3,13-15H2,1-2H3. The number of ether oxygens (including phenoxy) is 1. The Kier molecular flexibility index (Phi) is 7.12. The quantitative estimate of drug-likeness (QED) is 0.648. The van der Waals surface area contributed by atoms with Crippen LogP contribution in [0.5, 0.6) is 0 Å². The molecule has 0 aliphatic heterocycles. The summed E-state index contributed by atoms with van der Waals surface area (Å²) in [4.78, 5) is 26.2. The number of nitrogens with zero attached hydrogens (tertiary/aromatic N) is 1. The molecule has 0 saturated carbocycles. The molecule has 0 spiro atoms. The minimum Gasteiger partial charge on any atom is -0.465 e. The molecule has 0 aliphatic rings. The largest absolute Gasteiger partial charge is 0.465 e. The van der Waals surface area contributed by atoms with Gasteiger partial charge in [-0.1, -0.05) is 42.5 Å². The molecule has 0 fully saturated rings. The molecule has 2 aromatic rings. The molecule has 2 aromatic carbocycles. The summed E-state index contributed by atoms with van der Waals surface area (Å²) in [6, 6.07) is 15.7. The second-order valence-electron chi connectivity index (χ2n) is 6.22. The van der Waals surface area contributed by atoms with E-state index in [-0.39, 0.29) is 31.4 Å². The minimum atomic E-state index is -3.15. The molecule has 0 bridgehead atoms. The molecule has 2 rings (SSSR count). The van der Waals surface area contributed by atoms with Crippen molar-refractivity contribution in [3.63, 3.8) is 0 Å². The first-order valence-corrected chi connectivity index (χ1v) is 10.6. The topological polar surface area (TPSA) is 80.8 Å². The van der Waals surface area contributed by atoms with Crippen LogP contribution in [0, 0.1) is 0 Å². The average molecular weight is 389 g/mol. The van der Waals surface area contributed by atoms with E-state index in [9.17, 15) is 18.0 Å². The van der Waals surface area contributed by atoms with Gasteiger partial charge in [-0.2, -0.15) is 0 Å². The van der Waals surface area contributed by atoms with Gasteiger partial charge in [0.25, 0.3) is 5.91 Å². The Bertz CT molecular complexity index is 876. The van der Waals surface area contributed by atoms with E-state index in [0.29, 0.717) is 11.1 Å². The maximum absolute atomic E-state index is 12.9. The zero-order valence-electron chi connectivity index (χ0n) is 15.4. The van der Waals surface area contributed by atoms with Crippen molar-refractivity contribution in [2.75, 3.05) is 19.4 Å². The lowest BCUT2D eigenvalue weighted by atomic mass is 10.1. The van der Waals surface area contributed by atoms with Gasteiger partial charge in [0.1, 0.15) is 6.54 Å². The molecule has 0 aromatic heterocycles. The highest BCUT2D eigenvalue weighted by molar-refractivity contribution is 7.89. The fraction of sp³-hybridized carbons (Fsp3) is 0.300. The summed E-state index contributed by atoms with van der Waals surface area (Å²) in [6.45, 7) is 2.06. The van der Waals surface area contributed by atoms with Crippen LogP contribution in [0.4, 0.5) is 0 Å². The van der Waals surface area contributed by atoms with Gasteiger partial charge < -0.3 is 9.64 Å². The van der Waals surface area contributed by atoms with Crippen LogP contribution >= 0.6 is 0 Å². The molecule has 144 valence electrons. The third kappa shape index (κ3) is 6.86. The first-order valence-electron chi connectivity index (χ1n) is 8.54. The summed E-state index contributed by atoms with van der Waals surface area (Å²) in [5.41, 5.74) is 1.88. The van der Waals surface area contributed by atoms with Crippen LogP contribution in [0.1, 0.15) is 28.4 Å². The van der Waals surface area contributed by atoms with E-state index in [1.165, 1.54) is 4.90 Å². The predicted molar refractivity (Wildman–Crippen MR) is 103 cm³/mol. The molecule has 0 atom stereocenters. The molecule has 0 aliphatic carbocycles. The van der Waals surface area contributed by atoms with E-state index < -0.39 is 15.8 Å². The first kappa shape index (κ1) is 20.6. The molecular formula is C20H23NO5S. The number of carbonyl (C=O) groups is 2. The Balaban J connectivity index is 2.20. The highest BCUT2D eigenvalue weighted by Crippen LogP contribution is 2.13. The third-order valence-corrected chi connectivity index (χ3v) is 4.62. The normalized spacial score (nSPS) is 11.0. The number of esters is 1. The molecule has 0 saturated heterocycles. The SMILES string of the molecule is CCOC(=O)CN(Cc1ccccc1)C(=O)c1ccc(CS(C)(=O)=O)cc1. The van der Waals surface area contributed by atoms with Crippen molar-refractivity contribution < 1.29 is 22.7 Å². The second-order valence-corrected chi connectivity index (χ2v) is 8.36. The van der Waals surface area contributed by atoms with E-state index in [2.05, 4.69) is 0 Å². The lowest BCUT2D eigenvalue weighted by Crippen LogP contribution is -2.36. The van der Waals surface area contributed by atoms with Crippen molar-refractivity contribution >= 4 is 21.7 Å². The number of hydrogen-bond acceptors (Lipinski definition) is 5. The summed E-state index contributed by atoms with van der Waals surface area (Å²) in [5, 5.41) is 0. The number of hydrogen-bond donors (Lipinski definition) is 0. The van der Waals surface area contributed by atoms with Gasteiger partial charge in [-0.3, -0.25) is 9.59 Å². The number of benzene rings is 2. The van der Waals surface area contributed by atoms with Crippen molar-refractivity contribution in [1.29, 1.82) is 0 Å². The molecule has 1 amide bonds. The molecule has 0 heterocycles. The van der Waals surface area contributed by atoms with E-state index in [4.69, 9.17) is 4.74 Å². The zero-order chi connectivity index (χ0) is 19.9. The zero-order valence-corrected chi connectivity index (χ0v) is 16.2. The molecular weight excluding hydrogens is 366 g/mol. The van der Waals surface area contributed by atoms with Gasteiger partial charge in [0.15, 0.2) is 9.84 Å². The highest BCUT2D eigenvalue weighted by Gasteiger charge is 2.20. The van der Waals surface area contributed by atoms with E-state index in [0.717, 1.165) is 11.8 Å². The molecule has 0 radical (unpaired) electrons. The summed E-state index contributed by atoms with van der Waals surface area (Å²) in [5.74, 6) is -0.883. The smallest absolute Gasteiger partial charge is 0.325 e. The lowest BCUT2D eigenvalue weighted by Gasteiger charge is -2.22. The van der Waals surface area contributed by atoms with Crippen LogP contribution in [0.2, 0.25) is 0 Å². The van der Waals surface area contributed by atoms with Gasteiger partial charge in [-0.05, 0) is 30.2 Å².